The van der Waals surface area contributed by atoms with Crippen LogP contribution < -0.4 is 10.2 Å². The molecule has 0 bridgehead atoms. The van der Waals surface area contributed by atoms with E-state index in [1.54, 1.807) is 6.92 Å². The zero-order chi connectivity index (χ0) is 13.8. The largest absolute Gasteiger partial charge is 0.396 e. The van der Waals surface area contributed by atoms with Crippen molar-refractivity contribution in [2.45, 2.75) is 32.4 Å². The molecule has 0 spiro atoms. The molecule has 1 aromatic rings. The molecule has 0 aromatic heterocycles. The number of carbonyl (C=O) groups is 1. The SMILES string of the molecule is CC(=O)c1ccc(N2C(C)CNCC2CCO)cc1. The van der Waals surface area contributed by atoms with Crippen LogP contribution in [0.2, 0.25) is 0 Å². The Labute approximate surface area is 114 Å². The van der Waals surface area contributed by atoms with Crippen LogP contribution in [0.5, 0.6) is 0 Å². The third-order valence-corrected chi connectivity index (χ3v) is 3.72. The van der Waals surface area contributed by atoms with E-state index in [4.69, 9.17) is 0 Å². The number of nitrogens with zero attached hydrogens (tertiary/aromatic N) is 1. The molecule has 19 heavy (non-hydrogen) atoms. The van der Waals surface area contributed by atoms with Gasteiger partial charge in [-0.05, 0) is 44.5 Å². The second-order valence-electron chi connectivity index (χ2n) is 5.18. The maximum absolute atomic E-state index is 11.3. The van der Waals surface area contributed by atoms with Gasteiger partial charge < -0.3 is 15.3 Å². The Bertz CT molecular complexity index is 428. The third kappa shape index (κ3) is 3.14. The first-order chi connectivity index (χ1) is 9.13. The Hall–Kier alpha value is -1.39. The zero-order valence-corrected chi connectivity index (χ0v) is 11.6. The molecule has 4 heteroatoms. The Balaban J connectivity index is 2.22. The van der Waals surface area contributed by atoms with Gasteiger partial charge in [-0.2, -0.15) is 0 Å². The molecule has 2 unspecified atom stereocenters. The van der Waals surface area contributed by atoms with E-state index in [9.17, 15) is 9.90 Å². The summed E-state index contributed by atoms with van der Waals surface area (Å²) in [5.41, 5.74) is 1.86. The van der Waals surface area contributed by atoms with Gasteiger partial charge in [0.1, 0.15) is 0 Å². The highest BCUT2D eigenvalue weighted by Crippen LogP contribution is 2.24. The van der Waals surface area contributed by atoms with Crippen LogP contribution in [0.15, 0.2) is 24.3 Å². The van der Waals surface area contributed by atoms with Crippen molar-refractivity contribution in [3.05, 3.63) is 29.8 Å². The number of aliphatic hydroxyl groups is 1. The zero-order valence-electron chi connectivity index (χ0n) is 11.6. The lowest BCUT2D eigenvalue weighted by Gasteiger charge is -2.43. The van der Waals surface area contributed by atoms with Crippen LogP contribution in [0.25, 0.3) is 0 Å². The summed E-state index contributed by atoms with van der Waals surface area (Å²) in [5.74, 6) is 0.0896. The van der Waals surface area contributed by atoms with Gasteiger partial charge >= 0.3 is 0 Å². The summed E-state index contributed by atoms with van der Waals surface area (Å²) in [7, 11) is 0. The number of nitrogens with one attached hydrogen (secondary N) is 1. The molecular weight excluding hydrogens is 240 g/mol. The van der Waals surface area contributed by atoms with Gasteiger partial charge in [0.2, 0.25) is 0 Å². The van der Waals surface area contributed by atoms with Gasteiger partial charge in [-0.3, -0.25) is 4.79 Å². The van der Waals surface area contributed by atoms with Crippen molar-refractivity contribution in [1.82, 2.24) is 5.32 Å². The first-order valence-corrected chi connectivity index (χ1v) is 6.84. The minimum Gasteiger partial charge on any atom is -0.396 e. The molecule has 1 aromatic carbocycles. The maximum atomic E-state index is 11.3. The number of hydrogen-bond acceptors (Lipinski definition) is 4. The fourth-order valence-electron chi connectivity index (χ4n) is 2.74. The van der Waals surface area contributed by atoms with Crippen LogP contribution in [0.3, 0.4) is 0 Å². The third-order valence-electron chi connectivity index (χ3n) is 3.72. The highest BCUT2D eigenvalue weighted by atomic mass is 16.3. The predicted molar refractivity (Wildman–Crippen MR) is 76.7 cm³/mol. The average Bonchev–Trinajstić information content (AvgIpc) is 2.39. The molecule has 1 aliphatic heterocycles. The molecule has 0 radical (unpaired) electrons. The lowest BCUT2D eigenvalue weighted by molar-refractivity contribution is 0.101. The average molecular weight is 262 g/mol. The normalized spacial score (nSPS) is 23.4. The first-order valence-electron chi connectivity index (χ1n) is 6.84. The summed E-state index contributed by atoms with van der Waals surface area (Å²) in [4.78, 5) is 13.7. The minimum atomic E-state index is 0.0896. The summed E-state index contributed by atoms with van der Waals surface area (Å²) >= 11 is 0. The molecule has 1 aliphatic rings. The molecule has 104 valence electrons. The van der Waals surface area contributed by atoms with E-state index >= 15 is 0 Å². The summed E-state index contributed by atoms with van der Waals surface area (Å²) in [5, 5.41) is 12.6. The van der Waals surface area contributed by atoms with Crippen molar-refractivity contribution in [1.29, 1.82) is 0 Å². The van der Waals surface area contributed by atoms with Crippen LogP contribution in [0.1, 0.15) is 30.6 Å². The van der Waals surface area contributed by atoms with Gasteiger partial charge in [0.05, 0.1) is 0 Å². The van der Waals surface area contributed by atoms with E-state index in [1.165, 1.54) is 0 Å². The van der Waals surface area contributed by atoms with Crippen molar-refractivity contribution in [2.24, 2.45) is 0 Å². The number of Topliss-reactive ketones (excluding diaryl/α,β-unsaturated/α-hetero) is 1. The first kappa shape index (κ1) is 14.0. The molecule has 0 saturated carbocycles. The van der Waals surface area contributed by atoms with Crippen molar-refractivity contribution in [3.8, 4) is 0 Å². The lowest BCUT2D eigenvalue weighted by atomic mass is 10.0. The summed E-state index contributed by atoms with van der Waals surface area (Å²) in [6, 6.07) is 8.45. The molecule has 0 aliphatic carbocycles. The van der Waals surface area contributed by atoms with Crippen molar-refractivity contribution in [3.63, 3.8) is 0 Å². The Morgan fingerprint density at radius 2 is 2.05 bits per heavy atom. The molecule has 1 heterocycles. The second kappa shape index (κ2) is 6.17. The van der Waals surface area contributed by atoms with Gasteiger partial charge in [-0.15, -0.1) is 0 Å². The smallest absolute Gasteiger partial charge is 0.159 e. The maximum Gasteiger partial charge on any atom is 0.159 e. The molecular formula is C15H22N2O2. The van der Waals surface area contributed by atoms with Crippen molar-refractivity contribution < 1.29 is 9.90 Å². The number of ketones is 1. The van der Waals surface area contributed by atoms with Crippen LogP contribution in [-0.4, -0.2) is 42.7 Å². The minimum absolute atomic E-state index is 0.0896. The number of benzene rings is 1. The number of anilines is 1. The van der Waals surface area contributed by atoms with E-state index < -0.39 is 0 Å². The van der Waals surface area contributed by atoms with Gasteiger partial charge in [0.15, 0.2) is 5.78 Å². The quantitative estimate of drug-likeness (QED) is 0.806. The highest BCUT2D eigenvalue weighted by Gasteiger charge is 2.27. The van der Waals surface area contributed by atoms with E-state index in [-0.39, 0.29) is 12.4 Å². The molecule has 1 fully saturated rings. The lowest BCUT2D eigenvalue weighted by Crippen LogP contribution is -2.56. The number of carbonyl (C=O) groups excluding carboxylic acids is 1. The molecule has 0 amide bonds. The number of rotatable bonds is 4. The Morgan fingerprint density at radius 1 is 1.37 bits per heavy atom. The van der Waals surface area contributed by atoms with Gasteiger partial charge in [-0.1, -0.05) is 0 Å². The number of piperazine rings is 1. The van der Waals surface area contributed by atoms with Crippen LogP contribution >= 0.6 is 0 Å². The number of hydrogen-bond donors (Lipinski definition) is 2. The van der Waals surface area contributed by atoms with E-state index in [2.05, 4.69) is 17.1 Å². The molecule has 2 rings (SSSR count). The molecule has 2 N–H and O–H groups in total. The summed E-state index contributed by atoms with van der Waals surface area (Å²) in [6.45, 7) is 5.78. The Morgan fingerprint density at radius 3 is 2.63 bits per heavy atom. The van der Waals surface area contributed by atoms with Crippen LogP contribution in [-0.2, 0) is 0 Å². The molecule has 2 atom stereocenters. The topological polar surface area (TPSA) is 52.6 Å². The molecule has 4 nitrogen and oxygen atoms in total. The van der Waals surface area contributed by atoms with Gasteiger partial charge in [0, 0.05) is 43.0 Å². The van der Waals surface area contributed by atoms with Gasteiger partial charge in [0.25, 0.3) is 0 Å². The summed E-state index contributed by atoms with van der Waals surface area (Å²) < 4.78 is 0. The second-order valence-corrected chi connectivity index (χ2v) is 5.18. The van der Waals surface area contributed by atoms with Crippen molar-refractivity contribution >= 4 is 11.5 Å². The van der Waals surface area contributed by atoms with Gasteiger partial charge in [-0.25, -0.2) is 0 Å². The Kier molecular flexibility index (Phi) is 4.56. The van der Waals surface area contributed by atoms with Crippen LogP contribution in [0.4, 0.5) is 5.69 Å². The van der Waals surface area contributed by atoms with E-state index in [0.29, 0.717) is 12.1 Å². The molecule has 1 saturated heterocycles. The summed E-state index contributed by atoms with van der Waals surface area (Å²) in [6.07, 6.45) is 0.756. The monoisotopic (exact) mass is 262 g/mol. The van der Waals surface area contributed by atoms with E-state index in [0.717, 1.165) is 30.8 Å². The van der Waals surface area contributed by atoms with E-state index in [1.807, 2.05) is 24.3 Å². The fourth-order valence-corrected chi connectivity index (χ4v) is 2.74. The standard InChI is InChI=1S/C15H22N2O2/c1-11-9-16-10-15(7-8-18)17(11)14-5-3-13(4-6-14)12(2)19/h3-6,11,15-16,18H,7-10H2,1-2H3. The fraction of sp³-hybridized carbons (Fsp3) is 0.533. The number of aliphatic hydroxyl groups excluding tert-OH is 1. The van der Waals surface area contributed by atoms with Crippen LogP contribution in [0, 0.1) is 0 Å². The highest BCUT2D eigenvalue weighted by molar-refractivity contribution is 5.94. The van der Waals surface area contributed by atoms with Crippen molar-refractivity contribution in [2.75, 3.05) is 24.6 Å². The predicted octanol–water partition coefficient (Wildman–Crippen LogP) is 1.44.